The van der Waals surface area contributed by atoms with E-state index in [0.717, 1.165) is 25.8 Å². The third-order valence-corrected chi connectivity index (χ3v) is 2.84. The maximum atomic E-state index is 9.40. The lowest BCUT2D eigenvalue weighted by molar-refractivity contribution is 0.157. The van der Waals surface area contributed by atoms with Gasteiger partial charge >= 0.3 is 0 Å². The van der Waals surface area contributed by atoms with Gasteiger partial charge in [-0.25, -0.2) is 0 Å². The molecule has 90 valence electrons. The number of hydrogen-bond donors (Lipinski definition) is 2. The van der Waals surface area contributed by atoms with Crippen molar-refractivity contribution in [3.8, 4) is 0 Å². The van der Waals surface area contributed by atoms with Gasteiger partial charge < -0.3 is 10.4 Å². The Hall–Kier alpha value is -0.930. The Labute approximate surface area is 97.9 Å². The normalized spacial score (nSPS) is 14.7. The van der Waals surface area contributed by atoms with Gasteiger partial charge in [0.2, 0.25) is 0 Å². The minimum atomic E-state index is -0.141. The highest BCUT2D eigenvalue weighted by molar-refractivity contribution is 5.13. The van der Waals surface area contributed by atoms with Crippen molar-refractivity contribution in [3.63, 3.8) is 0 Å². The fraction of sp³-hybridized carbons (Fsp3) is 0.615. The maximum Gasteiger partial charge on any atom is 0.0538 e. The number of aliphatic hydroxyl groups is 1. The molecule has 1 heterocycles. The number of rotatable bonds is 7. The van der Waals surface area contributed by atoms with Gasteiger partial charge in [-0.05, 0) is 50.4 Å². The van der Waals surface area contributed by atoms with Gasteiger partial charge in [0.25, 0.3) is 0 Å². The van der Waals surface area contributed by atoms with Crippen LogP contribution in [0.2, 0.25) is 0 Å². The van der Waals surface area contributed by atoms with Crippen LogP contribution in [0.1, 0.15) is 44.7 Å². The Morgan fingerprint density at radius 2 is 2.06 bits per heavy atom. The first kappa shape index (κ1) is 13.1. The molecule has 1 aromatic heterocycles. The van der Waals surface area contributed by atoms with E-state index < -0.39 is 0 Å². The predicted molar refractivity (Wildman–Crippen MR) is 66.2 cm³/mol. The fourth-order valence-corrected chi connectivity index (χ4v) is 1.63. The van der Waals surface area contributed by atoms with Gasteiger partial charge in [-0.2, -0.15) is 0 Å². The fourth-order valence-electron chi connectivity index (χ4n) is 1.63. The summed E-state index contributed by atoms with van der Waals surface area (Å²) in [4.78, 5) is 4.00. The van der Waals surface area contributed by atoms with E-state index in [-0.39, 0.29) is 6.10 Å². The number of aliphatic hydroxyl groups excluding tert-OH is 1. The zero-order chi connectivity index (χ0) is 11.8. The van der Waals surface area contributed by atoms with Crippen molar-refractivity contribution in [1.29, 1.82) is 0 Å². The van der Waals surface area contributed by atoms with Crippen LogP contribution in [0.15, 0.2) is 24.5 Å². The highest BCUT2D eigenvalue weighted by Crippen LogP contribution is 2.10. The van der Waals surface area contributed by atoms with E-state index in [4.69, 9.17) is 0 Å². The van der Waals surface area contributed by atoms with Crippen LogP contribution < -0.4 is 5.32 Å². The van der Waals surface area contributed by atoms with Gasteiger partial charge in [0, 0.05) is 18.4 Å². The van der Waals surface area contributed by atoms with Gasteiger partial charge in [0.15, 0.2) is 0 Å². The summed E-state index contributed by atoms with van der Waals surface area (Å²) in [6, 6.07) is 4.40. The summed E-state index contributed by atoms with van der Waals surface area (Å²) in [6.07, 6.45) is 6.23. The van der Waals surface area contributed by atoms with E-state index in [2.05, 4.69) is 17.2 Å². The van der Waals surface area contributed by atoms with E-state index >= 15 is 0 Å². The topological polar surface area (TPSA) is 45.1 Å². The van der Waals surface area contributed by atoms with Crippen LogP contribution in [0.4, 0.5) is 0 Å². The zero-order valence-corrected chi connectivity index (χ0v) is 10.2. The lowest BCUT2D eigenvalue weighted by Gasteiger charge is -2.14. The molecule has 0 bridgehead atoms. The standard InChI is InChI=1S/C13H22N2O/c1-3-13(16)5-4-8-15-11(2)12-6-9-14-10-7-12/h6-7,9-11,13,15-16H,3-5,8H2,1-2H3. The third-order valence-electron chi connectivity index (χ3n) is 2.84. The average molecular weight is 222 g/mol. The van der Waals surface area contributed by atoms with Crippen LogP contribution in [0.3, 0.4) is 0 Å². The summed E-state index contributed by atoms with van der Waals surface area (Å²) in [5.41, 5.74) is 1.26. The highest BCUT2D eigenvalue weighted by Gasteiger charge is 2.04. The lowest BCUT2D eigenvalue weighted by atomic mass is 10.1. The molecule has 16 heavy (non-hydrogen) atoms. The number of hydrogen-bond acceptors (Lipinski definition) is 3. The van der Waals surface area contributed by atoms with Crippen molar-refractivity contribution in [1.82, 2.24) is 10.3 Å². The van der Waals surface area contributed by atoms with Crippen LogP contribution in [0.25, 0.3) is 0 Å². The summed E-state index contributed by atoms with van der Waals surface area (Å²) in [5.74, 6) is 0. The summed E-state index contributed by atoms with van der Waals surface area (Å²) in [6.45, 7) is 5.10. The quantitative estimate of drug-likeness (QED) is 0.696. The second kappa shape index (κ2) is 7.36. The molecule has 3 heteroatoms. The van der Waals surface area contributed by atoms with Gasteiger partial charge in [0.1, 0.15) is 0 Å². The number of pyridine rings is 1. The van der Waals surface area contributed by atoms with E-state index in [1.165, 1.54) is 5.56 Å². The molecule has 0 amide bonds. The van der Waals surface area contributed by atoms with Crippen molar-refractivity contribution in [2.45, 2.75) is 45.3 Å². The second-order valence-corrected chi connectivity index (χ2v) is 4.16. The number of nitrogens with zero attached hydrogens (tertiary/aromatic N) is 1. The Balaban J connectivity index is 2.18. The molecule has 0 saturated carbocycles. The van der Waals surface area contributed by atoms with Gasteiger partial charge in [-0.1, -0.05) is 6.92 Å². The molecule has 0 radical (unpaired) electrons. The SMILES string of the molecule is CCC(O)CCCNC(C)c1ccncc1. The largest absolute Gasteiger partial charge is 0.393 e. The lowest BCUT2D eigenvalue weighted by Crippen LogP contribution is -2.21. The summed E-state index contributed by atoms with van der Waals surface area (Å²) >= 11 is 0. The van der Waals surface area contributed by atoms with Crippen molar-refractivity contribution >= 4 is 0 Å². The van der Waals surface area contributed by atoms with Crippen molar-refractivity contribution in [3.05, 3.63) is 30.1 Å². The molecule has 0 saturated heterocycles. The zero-order valence-electron chi connectivity index (χ0n) is 10.2. The molecule has 0 spiro atoms. The van der Waals surface area contributed by atoms with Crippen LogP contribution in [0.5, 0.6) is 0 Å². The monoisotopic (exact) mass is 222 g/mol. The molecule has 1 aromatic rings. The van der Waals surface area contributed by atoms with E-state index in [9.17, 15) is 5.11 Å². The van der Waals surface area contributed by atoms with E-state index in [1.54, 1.807) is 0 Å². The molecule has 0 fully saturated rings. The van der Waals surface area contributed by atoms with Gasteiger partial charge in [0.05, 0.1) is 6.10 Å². The summed E-state index contributed by atoms with van der Waals surface area (Å²) in [5, 5.41) is 12.8. The maximum absolute atomic E-state index is 9.40. The first-order valence-electron chi connectivity index (χ1n) is 6.05. The molecule has 2 N–H and O–H groups in total. The van der Waals surface area contributed by atoms with E-state index in [1.807, 2.05) is 31.5 Å². The van der Waals surface area contributed by atoms with Crippen LogP contribution in [0, 0.1) is 0 Å². The predicted octanol–water partition coefficient (Wildman–Crippen LogP) is 2.28. The summed E-state index contributed by atoms with van der Waals surface area (Å²) < 4.78 is 0. The molecule has 1 rings (SSSR count). The Morgan fingerprint density at radius 1 is 1.38 bits per heavy atom. The minimum Gasteiger partial charge on any atom is -0.393 e. The number of nitrogens with one attached hydrogen (secondary N) is 1. The van der Waals surface area contributed by atoms with Crippen LogP contribution >= 0.6 is 0 Å². The molecule has 0 aliphatic heterocycles. The Kier molecular flexibility index (Phi) is 6.04. The van der Waals surface area contributed by atoms with Crippen molar-refractivity contribution < 1.29 is 5.11 Å². The smallest absolute Gasteiger partial charge is 0.0538 e. The Bertz CT molecular complexity index is 277. The first-order valence-corrected chi connectivity index (χ1v) is 6.05. The third kappa shape index (κ3) is 4.73. The molecular formula is C13H22N2O. The Morgan fingerprint density at radius 3 is 2.69 bits per heavy atom. The molecule has 2 unspecified atom stereocenters. The second-order valence-electron chi connectivity index (χ2n) is 4.16. The number of aromatic nitrogens is 1. The molecule has 3 nitrogen and oxygen atoms in total. The molecule has 0 aliphatic rings. The van der Waals surface area contributed by atoms with E-state index in [0.29, 0.717) is 6.04 Å². The molecular weight excluding hydrogens is 200 g/mol. The highest BCUT2D eigenvalue weighted by atomic mass is 16.3. The van der Waals surface area contributed by atoms with Gasteiger partial charge in [-0.3, -0.25) is 4.98 Å². The first-order chi connectivity index (χ1) is 7.74. The van der Waals surface area contributed by atoms with Crippen molar-refractivity contribution in [2.24, 2.45) is 0 Å². The molecule has 2 atom stereocenters. The van der Waals surface area contributed by atoms with Crippen LogP contribution in [-0.4, -0.2) is 22.7 Å². The van der Waals surface area contributed by atoms with Crippen molar-refractivity contribution in [2.75, 3.05) is 6.54 Å². The summed E-state index contributed by atoms with van der Waals surface area (Å²) in [7, 11) is 0. The molecule has 0 aromatic carbocycles. The van der Waals surface area contributed by atoms with Gasteiger partial charge in [-0.15, -0.1) is 0 Å². The minimum absolute atomic E-state index is 0.141. The van der Waals surface area contributed by atoms with Crippen LogP contribution in [-0.2, 0) is 0 Å². The molecule has 0 aliphatic carbocycles. The average Bonchev–Trinajstić information content (AvgIpc) is 2.35.